The number of anilines is 2. The minimum atomic E-state index is -2.63. The second-order valence-electron chi connectivity index (χ2n) is 11.0. The summed E-state index contributed by atoms with van der Waals surface area (Å²) in [5.41, 5.74) is 0.569. The van der Waals surface area contributed by atoms with Gasteiger partial charge in [-0.1, -0.05) is 55.8 Å². The van der Waals surface area contributed by atoms with Gasteiger partial charge in [0.05, 0.1) is 35.9 Å². The van der Waals surface area contributed by atoms with Crippen LogP contribution in [0.15, 0.2) is 48.8 Å². The standard InChI is InChI=1S/C29H27ClF2N8/c1-28(2,3)16-36-25-18(13-34)14-35-24-17(12-33)10-19(11-21(24)25)37-26(20-6-4-5-7-22(20)30)23-15-40(39-38-23)29(8-9-29)27(31)32/h4-7,10-11,14-15,26-27,37H,8-9,16H2,1-3H3,(H,35,36)/i26D. The monoisotopic (exact) mass is 561 g/mol. The van der Waals surface area contributed by atoms with Gasteiger partial charge in [0, 0.05) is 28.8 Å². The van der Waals surface area contributed by atoms with Crippen molar-refractivity contribution < 1.29 is 10.2 Å². The van der Waals surface area contributed by atoms with E-state index in [4.69, 9.17) is 11.6 Å². The van der Waals surface area contributed by atoms with E-state index in [1.807, 2.05) is 20.8 Å². The predicted molar refractivity (Wildman–Crippen MR) is 149 cm³/mol. The van der Waals surface area contributed by atoms with Crippen LogP contribution in [0.1, 0.15) is 63.4 Å². The van der Waals surface area contributed by atoms with Gasteiger partial charge in [-0.15, -0.1) is 5.10 Å². The molecule has 0 saturated heterocycles. The van der Waals surface area contributed by atoms with Crippen molar-refractivity contribution in [3.8, 4) is 12.1 Å². The Kier molecular flexibility index (Phi) is 6.73. The molecule has 11 heteroatoms. The second kappa shape index (κ2) is 10.4. The first-order valence-electron chi connectivity index (χ1n) is 13.2. The molecule has 0 spiro atoms. The highest BCUT2D eigenvalue weighted by Crippen LogP contribution is 2.48. The Morgan fingerprint density at radius 2 is 1.90 bits per heavy atom. The van der Waals surface area contributed by atoms with E-state index < -0.39 is 18.0 Å². The number of fused-ring (bicyclic) bond motifs is 1. The molecular formula is C29H27ClF2N8. The van der Waals surface area contributed by atoms with E-state index in [-0.39, 0.29) is 34.5 Å². The van der Waals surface area contributed by atoms with Gasteiger partial charge in [-0.25, -0.2) is 13.5 Å². The van der Waals surface area contributed by atoms with Gasteiger partial charge in [-0.3, -0.25) is 4.98 Å². The molecule has 2 aromatic carbocycles. The molecule has 40 heavy (non-hydrogen) atoms. The molecular weight excluding hydrogens is 534 g/mol. The summed E-state index contributed by atoms with van der Waals surface area (Å²) >= 11 is 6.54. The molecule has 4 aromatic rings. The molecule has 0 aliphatic heterocycles. The first kappa shape index (κ1) is 26.0. The van der Waals surface area contributed by atoms with Crippen LogP contribution in [0, 0.1) is 28.1 Å². The normalized spacial score (nSPS) is 16.1. The maximum Gasteiger partial charge on any atom is 0.263 e. The zero-order chi connectivity index (χ0) is 29.6. The van der Waals surface area contributed by atoms with Gasteiger partial charge in [-0.2, -0.15) is 10.5 Å². The number of pyridine rings is 1. The van der Waals surface area contributed by atoms with Gasteiger partial charge in [0.1, 0.15) is 23.4 Å². The number of alkyl halides is 2. The second-order valence-corrected chi connectivity index (χ2v) is 11.4. The van der Waals surface area contributed by atoms with E-state index in [0.717, 1.165) is 4.68 Å². The maximum absolute atomic E-state index is 13.8. The Morgan fingerprint density at radius 1 is 1.18 bits per heavy atom. The number of nitriles is 2. The summed E-state index contributed by atoms with van der Waals surface area (Å²) in [4.78, 5) is 4.37. The summed E-state index contributed by atoms with van der Waals surface area (Å²) in [6, 6.07) is 12.3. The fraction of sp³-hybridized carbons (Fsp3) is 0.345. The molecule has 0 radical (unpaired) electrons. The third-order valence-corrected chi connectivity index (χ3v) is 7.12. The van der Waals surface area contributed by atoms with Crippen LogP contribution in [-0.4, -0.2) is 32.9 Å². The van der Waals surface area contributed by atoms with E-state index in [1.165, 1.54) is 12.4 Å². The lowest BCUT2D eigenvalue weighted by molar-refractivity contribution is 0.0593. The molecule has 1 fully saturated rings. The molecule has 1 aliphatic rings. The highest BCUT2D eigenvalue weighted by atomic mass is 35.5. The van der Waals surface area contributed by atoms with Crippen molar-refractivity contribution in [2.45, 2.75) is 51.6 Å². The molecule has 5 rings (SSSR count). The summed E-state index contributed by atoms with van der Waals surface area (Å²) in [5, 5.41) is 35.1. The molecule has 1 unspecified atom stereocenters. The van der Waals surface area contributed by atoms with Gasteiger partial charge in [0.2, 0.25) is 0 Å². The fourth-order valence-corrected chi connectivity index (χ4v) is 4.67. The molecule has 0 amide bonds. The van der Waals surface area contributed by atoms with Crippen LogP contribution in [-0.2, 0) is 5.54 Å². The highest BCUT2D eigenvalue weighted by Gasteiger charge is 2.54. The number of hydrogen-bond acceptors (Lipinski definition) is 7. The number of aromatic nitrogens is 4. The Morgan fingerprint density at radius 3 is 2.52 bits per heavy atom. The summed E-state index contributed by atoms with van der Waals surface area (Å²) < 4.78 is 38.4. The van der Waals surface area contributed by atoms with Crippen molar-refractivity contribution in [3.05, 3.63) is 76.2 Å². The first-order chi connectivity index (χ1) is 19.4. The van der Waals surface area contributed by atoms with Crippen molar-refractivity contribution in [3.63, 3.8) is 0 Å². The van der Waals surface area contributed by atoms with Gasteiger partial charge in [0.15, 0.2) is 0 Å². The molecule has 2 N–H and O–H groups in total. The maximum atomic E-state index is 13.8. The largest absolute Gasteiger partial charge is 0.383 e. The van der Waals surface area contributed by atoms with Crippen LogP contribution in [0.25, 0.3) is 10.9 Å². The lowest BCUT2D eigenvalue weighted by Crippen LogP contribution is -2.26. The number of hydrogen-bond donors (Lipinski definition) is 2. The number of nitrogens with zero attached hydrogens (tertiary/aromatic N) is 6. The van der Waals surface area contributed by atoms with Gasteiger partial charge in [0.25, 0.3) is 6.43 Å². The van der Waals surface area contributed by atoms with E-state index >= 15 is 0 Å². The predicted octanol–water partition coefficient (Wildman–Crippen LogP) is 6.64. The zero-order valence-corrected chi connectivity index (χ0v) is 22.9. The highest BCUT2D eigenvalue weighted by molar-refractivity contribution is 6.31. The van der Waals surface area contributed by atoms with Gasteiger partial charge >= 0.3 is 0 Å². The Bertz CT molecular complexity index is 1710. The Balaban J connectivity index is 1.67. The average Bonchev–Trinajstić information content (AvgIpc) is 3.59. The van der Waals surface area contributed by atoms with Crippen molar-refractivity contribution in [1.82, 2.24) is 20.0 Å². The van der Waals surface area contributed by atoms with Crippen LogP contribution in [0.5, 0.6) is 0 Å². The average molecular weight is 562 g/mol. The lowest BCUT2D eigenvalue weighted by atomic mass is 9.96. The van der Waals surface area contributed by atoms with Gasteiger partial charge in [-0.05, 0) is 42.0 Å². The van der Waals surface area contributed by atoms with Crippen LogP contribution >= 0.6 is 11.6 Å². The fourth-order valence-electron chi connectivity index (χ4n) is 4.44. The molecule has 2 aromatic heterocycles. The molecule has 1 aliphatic carbocycles. The minimum Gasteiger partial charge on any atom is -0.383 e. The third-order valence-electron chi connectivity index (χ3n) is 6.79. The van der Waals surface area contributed by atoms with Crippen LogP contribution in [0.3, 0.4) is 0 Å². The minimum absolute atomic E-state index is 0.0473. The van der Waals surface area contributed by atoms with Crippen molar-refractivity contribution >= 4 is 33.9 Å². The molecule has 2 heterocycles. The van der Waals surface area contributed by atoms with Crippen molar-refractivity contribution in [2.24, 2.45) is 5.41 Å². The van der Waals surface area contributed by atoms with E-state index in [9.17, 15) is 20.7 Å². The van der Waals surface area contributed by atoms with E-state index in [1.54, 1.807) is 36.4 Å². The molecule has 1 saturated carbocycles. The lowest BCUT2D eigenvalue weighted by Gasteiger charge is -2.22. The molecule has 1 atom stereocenters. The van der Waals surface area contributed by atoms with Gasteiger partial charge < -0.3 is 10.6 Å². The van der Waals surface area contributed by atoms with Crippen LogP contribution in [0.4, 0.5) is 20.2 Å². The van der Waals surface area contributed by atoms with Crippen molar-refractivity contribution in [2.75, 3.05) is 17.2 Å². The quantitative estimate of drug-likeness (QED) is 0.248. The van der Waals surface area contributed by atoms with E-state index in [0.29, 0.717) is 39.9 Å². The number of halogens is 3. The Labute approximate surface area is 237 Å². The van der Waals surface area contributed by atoms with Crippen molar-refractivity contribution in [1.29, 1.82) is 10.5 Å². The number of nitrogens with one attached hydrogen (secondary N) is 2. The topological polar surface area (TPSA) is 115 Å². The first-order valence-corrected chi connectivity index (χ1v) is 13.1. The van der Waals surface area contributed by atoms with Crippen LogP contribution in [0.2, 0.25) is 5.02 Å². The zero-order valence-electron chi connectivity index (χ0n) is 23.1. The van der Waals surface area contributed by atoms with E-state index in [2.05, 4.69) is 38.1 Å². The molecule has 0 bridgehead atoms. The SMILES string of the molecule is [2H]C(Nc1cc(C#N)c2ncc(C#N)c(NCC(C)(C)C)c2c1)(c1cn(C2(C(F)F)CC2)nn1)c1ccccc1Cl. The third kappa shape index (κ3) is 5.15. The number of benzene rings is 2. The Hall–Kier alpha value is -4.28. The number of rotatable bonds is 8. The summed E-state index contributed by atoms with van der Waals surface area (Å²) in [7, 11) is 0. The van der Waals surface area contributed by atoms with Crippen LogP contribution < -0.4 is 10.6 Å². The summed E-state index contributed by atoms with van der Waals surface area (Å²) in [6.45, 7) is 6.69. The smallest absolute Gasteiger partial charge is 0.263 e. The summed E-state index contributed by atoms with van der Waals surface area (Å²) in [6.07, 6.45) is 0.652. The molecule has 204 valence electrons. The summed E-state index contributed by atoms with van der Waals surface area (Å²) in [5.74, 6) is 0. The molecule has 8 nitrogen and oxygen atoms in total.